The van der Waals surface area contributed by atoms with Crippen molar-refractivity contribution >= 4 is 67.2 Å². The normalized spacial score (nSPS) is 13.9. The van der Waals surface area contributed by atoms with Gasteiger partial charge in [0.05, 0.1) is 17.5 Å². The van der Waals surface area contributed by atoms with E-state index in [0.29, 0.717) is 66.2 Å². The maximum Gasteiger partial charge on any atom is 0.407 e. The van der Waals surface area contributed by atoms with Crippen LogP contribution in [0.2, 0.25) is 0 Å². The third kappa shape index (κ3) is 19.4. The Morgan fingerprint density at radius 1 is 0.723 bits per heavy atom. The number of hydrogen-bond donors (Lipinski definition) is 5. The first-order valence-electron chi connectivity index (χ1n) is 32.3. The van der Waals surface area contributed by atoms with E-state index in [4.69, 9.17) is 29.4 Å². The van der Waals surface area contributed by atoms with E-state index in [1.54, 1.807) is 46.8 Å². The molecule has 1 aliphatic heterocycles. The van der Waals surface area contributed by atoms with Crippen LogP contribution in [0.5, 0.6) is 17.2 Å². The monoisotopic (exact) mass is 1300 g/mol. The summed E-state index contributed by atoms with van der Waals surface area (Å²) in [4.78, 5) is 74.9. The van der Waals surface area contributed by atoms with Gasteiger partial charge in [0.25, 0.3) is 15.9 Å². The van der Waals surface area contributed by atoms with Gasteiger partial charge >= 0.3 is 12.1 Å². The lowest BCUT2D eigenvalue weighted by atomic mass is 9.88. The van der Waals surface area contributed by atoms with E-state index >= 15 is 0 Å². The van der Waals surface area contributed by atoms with Crippen LogP contribution in [-0.2, 0) is 58.1 Å². The molecule has 0 spiro atoms. The fourth-order valence-electron chi connectivity index (χ4n) is 11.8. The SMILES string of the molecule is C=CC[C@H](NC(=O)[C@@H](CCCN=C(N)NS(=O)(=O)c1c(C)c(C)c2c(c1C)CCC(C)(C)O2)CC(=O)[C@@H](CCCCNC(=O)OC(C)(C)C)NC(=O)COc1ccc2ccccc2c1-c1c(OCCCc2ccccc2)ccc2ccccc12)C(=O)OCc1ccccc1. The summed E-state index contributed by atoms with van der Waals surface area (Å²) in [5, 5.41) is 12.2. The van der Waals surface area contributed by atoms with Gasteiger partial charge in [0.15, 0.2) is 12.4 Å². The molecule has 498 valence electrons. The van der Waals surface area contributed by atoms with Gasteiger partial charge in [-0.2, -0.15) is 0 Å². The molecule has 0 radical (unpaired) electrons. The molecular weight excluding hydrogens is 1210 g/mol. The van der Waals surface area contributed by atoms with Crippen LogP contribution in [0.3, 0.4) is 0 Å². The number of hydrogen-bond acceptors (Lipinski definition) is 13. The molecule has 0 aromatic heterocycles. The van der Waals surface area contributed by atoms with Crippen LogP contribution < -0.4 is 40.6 Å². The highest BCUT2D eigenvalue weighted by atomic mass is 32.2. The summed E-state index contributed by atoms with van der Waals surface area (Å²) in [5.74, 6) is -2.23. The number of Topliss-reactive ketones (excluding diaryl/α,β-unsaturated/α-hetero) is 1. The second kappa shape index (κ2) is 32.6. The fourth-order valence-corrected chi connectivity index (χ4v) is 13.3. The number of nitrogens with zero attached hydrogens (tertiary/aromatic N) is 1. The zero-order valence-corrected chi connectivity index (χ0v) is 56.2. The van der Waals surface area contributed by atoms with Gasteiger partial charge in [-0.3, -0.25) is 19.4 Å². The molecular formula is C75H90N6O12S. The number of aryl methyl sites for hydroxylation is 1. The minimum Gasteiger partial charge on any atom is -0.493 e. The Bertz CT molecular complexity index is 3980. The number of fused-ring (bicyclic) bond motifs is 3. The molecule has 3 atom stereocenters. The second-order valence-corrected chi connectivity index (χ2v) is 27.1. The van der Waals surface area contributed by atoms with E-state index < -0.39 is 81.9 Å². The fraction of sp³-hybridized carbons (Fsp3) is 0.387. The van der Waals surface area contributed by atoms with E-state index in [2.05, 4.69) is 44.4 Å². The highest BCUT2D eigenvalue weighted by Gasteiger charge is 2.35. The number of unbranched alkanes of at least 4 members (excludes halogenated alkanes) is 1. The molecule has 94 heavy (non-hydrogen) atoms. The summed E-state index contributed by atoms with van der Waals surface area (Å²) >= 11 is 0. The Kier molecular flexibility index (Phi) is 24.5. The minimum absolute atomic E-state index is 0.00717. The van der Waals surface area contributed by atoms with Crippen molar-refractivity contribution in [1.82, 2.24) is 20.7 Å². The first-order chi connectivity index (χ1) is 44.9. The Morgan fingerprint density at radius 2 is 1.34 bits per heavy atom. The van der Waals surface area contributed by atoms with Crippen LogP contribution in [0.25, 0.3) is 32.7 Å². The Morgan fingerprint density at radius 3 is 1.98 bits per heavy atom. The van der Waals surface area contributed by atoms with Gasteiger partial charge in [0.2, 0.25) is 11.9 Å². The molecule has 6 N–H and O–H groups in total. The molecule has 7 aromatic rings. The second-order valence-electron chi connectivity index (χ2n) is 25.5. The number of sulfonamides is 1. The maximum absolute atomic E-state index is 15.0. The number of alkyl carbamates (subject to hydrolysis) is 1. The van der Waals surface area contributed by atoms with Crippen molar-refractivity contribution in [3.8, 4) is 28.4 Å². The van der Waals surface area contributed by atoms with Crippen LogP contribution >= 0.6 is 0 Å². The summed E-state index contributed by atoms with van der Waals surface area (Å²) in [6.45, 7) is 18.4. The number of nitrogens with one attached hydrogen (secondary N) is 4. The lowest BCUT2D eigenvalue weighted by Gasteiger charge is -2.35. The van der Waals surface area contributed by atoms with E-state index in [0.717, 1.165) is 56.6 Å². The summed E-state index contributed by atoms with van der Waals surface area (Å²) in [5.41, 5.74) is 11.3. The van der Waals surface area contributed by atoms with Crippen LogP contribution in [0.4, 0.5) is 4.79 Å². The third-order valence-electron chi connectivity index (χ3n) is 16.6. The van der Waals surface area contributed by atoms with Gasteiger partial charge in [-0.15, -0.1) is 6.58 Å². The smallest absolute Gasteiger partial charge is 0.407 e. The predicted octanol–water partition coefficient (Wildman–Crippen LogP) is 12.7. The molecule has 0 bridgehead atoms. The van der Waals surface area contributed by atoms with Gasteiger partial charge < -0.3 is 45.4 Å². The number of aliphatic imine (C=N–C) groups is 1. The van der Waals surface area contributed by atoms with Gasteiger partial charge in [0.1, 0.15) is 41.1 Å². The number of carbonyl (C=O) groups excluding carboxylic acids is 5. The molecule has 8 rings (SSSR count). The number of nitrogens with two attached hydrogens (primary N) is 1. The number of amides is 3. The highest BCUT2D eigenvalue weighted by molar-refractivity contribution is 7.90. The molecule has 3 amide bonds. The van der Waals surface area contributed by atoms with Crippen molar-refractivity contribution in [2.24, 2.45) is 16.6 Å². The molecule has 0 saturated carbocycles. The van der Waals surface area contributed by atoms with Crippen LogP contribution in [0, 0.1) is 26.7 Å². The largest absolute Gasteiger partial charge is 0.493 e. The van der Waals surface area contributed by atoms with E-state index in [1.807, 2.05) is 130 Å². The average molecular weight is 1300 g/mol. The molecule has 1 aliphatic rings. The number of carbonyl (C=O) groups is 5. The van der Waals surface area contributed by atoms with Crippen molar-refractivity contribution in [3.05, 3.63) is 179 Å². The zero-order chi connectivity index (χ0) is 67.6. The van der Waals surface area contributed by atoms with Crippen molar-refractivity contribution in [1.29, 1.82) is 0 Å². The average Bonchev–Trinajstić information content (AvgIpc) is 0.758. The standard InChI is InChI=1S/C75H90N6O12S/c1-10-25-61(71(85)91-47-53-28-15-12-16-29-53)80-70(84)56(33-23-44-77-72(76)81-94(87,88)69-50(3)49(2)68-57(51(69)4)41-42-75(8,9)92-68)46-62(82)60(36-21-22-43-78-73(86)93-74(5,6)7)79-65(83)48-90-64-40-38-55-32-18-20-35-59(55)67(64)66-58-34-19-17-31-54(58)37-39-63(66)89-45-24-30-52-26-13-11-14-27-52/h10-20,26-29,31-32,34-35,37-40,56,60-61H,1,21-25,30,33,36,41-48H2,2-9H3,(H,78,86)(H,79,83)(H,80,84)(H3,76,77,81)/t56-,60+,61-/m0/s1. The minimum atomic E-state index is -4.24. The van der Waals surface area contributed by atoms with E-state index in [1.165, 1.54) is 11.6 Å². The summed E-state index contributed by atoms with van der Waals surface area (Å²) < 4.78 is 61.3. The summed E-state index contributed by atoms with van der Waals surface area (Å²) in [7, 11) is -4.24. The quantitative estimate of drug-likeness (QED) is 0.00892. The molecule has 18 nitrogen and oxygen atoms in total. The number of ketones is 1. The maximum atomic E-state index is 15.0. The number of rotatable bonds is 31. The van der Waals surface area contributed by atoms with Gasteiger partial charge in [-0.25, -0.2) is 22.7 Å². The molecule has 0 aliphatic carbocycles. The van der Waals surface area contributed by atoms with Crippen LogP contribution in [0.1, 0.15) is 126 Å². The predicted molar refractivity (Wildman–Crippen MR) is 368 cm³/mol. The van der Waals surface area contributed by atoms with Crippen molar-refractivity contribution in [3.63, 3.8) is 0 Å². The van der Waals surface area contributed by atoms with Crippen molar-refractivity contribution in [2.75, 3.05) is 26.3 Å². The summed E-state index contributed by atoms with van der Waals surface area (Å²) in [6, 6.07) is 40.6. The van der Waals surface area contributed by atoms with Crippen molar-refractivity contribution < 1.29 is 56.1 Å². The molecule has 0 fully saturated rings. The molecule has 1 heterocycles. The van der Waals surface area contributed by atoms with Gasteiger partial charge in [-0.1, -0.05) is 127 Å². The molecule has 7 aromatic carbocycles. The number of guanidine groups is 1. The van der Waals surface area contributed by atoms with Gasteiger partial charge in [0, 0.05) is 36.6 Å². The Hall–Kier alpha value is -9.23. The first kappa shape index (κ1) is 70.6. The highest BCUT2D eigenvalue weighted by Crippen LogP contribution is 2.46. The number of ether oxygens (including phenoxy) is 5. The summed E-state index contributed by atoms with van der Waals surface area (Å²) in [6.07, 6.45) is 4.41. The molecule has 0 saturated heterocycles. The van der Waals surface area contributed by atoms with E-state index in [9.17, 15) is 32.4 Å². The topological polar surface area (TPSA) is 252 Å². The number of esters is 1. The zero-order valence-electron chi connectivity index (χ0n) is 55.4. The van der Waals surface area contributed by atoms with Crippen LogP contribution in [0.15, 0.2) is 156 Å². The first-order valence-corrected chi connectivity index (χ1v) is 33.8. The number of benzene rings is 7. The van der Waals surface area contributed by atoms with Crippen molar-refractivity contribution in [2.45, 2.75) is 161 Å². The Balaban J connectivity index is 1.04. The Labute approximate surface area is 552 Å². The van der Waals surface area contributed by atoms with Crippen LogP contribution in [-0.4, -0.2) is 93.6 Å². The molecule has 0 unspecified atom stereocenters. The van der Waals surface area contributed by atoms with E-state index in [-0.39, 0.29) is 56.2 Å². The molecule has 19 heteroatoms. The lowest BCUT2D eigenvalue weighted by Crippen LogP contribution is -2.47. The lowest BCUT2D eigenvalue weighted by molar-refractivity contribution is -0.149. The van der Waals surface area contributed by atoms with Gasteiger partial charge in [-0.05, 0) is 187 Å². The third-order valence-corrected chi connectivity index (χ3v) is 18.3.